The highest BCUT2D eigenvalue weighted by molar-refractivity contribution is 14.1. The van der Waals surface area contributed by atoms with Crippen molar-refractivity contribution in [3.63, 3.8) is 0 Å². The van der Waals surface area contributed by atoms with Crippen LogP contribution in [0.3, 0.4) is 0 Å². The maximum atomic E-state index is 5.74. The molecule has 2 nitrogen and oxygen atoms in total. The highest BCUT2D eigenvalue weighted by Crippen LogP contribution is 2.19. The first kappa shape index (κ1) is 25.0. The molecule has 0 unspecified atom stereocenters. The Morgan fingerprint density at radius 2 is 1.59 bits per heavy atom. The predicted molar refractivity (Wildman–Crippen MR) is 134 cm³/mol. The number of alkyl halides is 1. The number of hydrogen-bond donors (Lipinski definition) is 0. The molecule has 156 valence electrons. The third-order valence-corrected chi connectivity index (χ3v) is 5.19. The predicted octanol–water partition coefficient (Wildman–Crippen LogP) is 7.86. The molecule has 2 aromatic rings. The third-order valence-electron chi connectivity index (χ3n) is 4.31. The summed E-state index contributed by atoms with van der Waals surface area (Å²) in [6, 6.07) is 14.4. The maximum absolute atomic E-state index is 5.74. The molecule has 0 aliphatic carbocycles. The van der Waals surface area contributed by atoms with Gasteiger partial charge in [0.15, 0.2) is 0 Å². The summed E-state index contributed by atoms with van der Waals surface area (Å²) in [7, 11) is 1.71. The molecule has 0 saturated heterocycles. The zero-order chi connectivity index (χ0) is 21.6. The lowest BCUT2D eigenvalue weighted by Crippen LogP contribution is -1.92. The van der Waals surface area contributed by atoms with E-state index < -0.39 is 0 Å². The summed E-state index contributed by atoms with van der Waals surface area (Å²) >= 11 is 2.35. The van der Waals surface area contributed by atoms with Crippen molar-refractivity contribution in [2.24, 2.45) is 0 Å². The van der Waals surface area contributed by atoms with Gasteiger partial charge in [-0.3, -0.25) is 0 Å². The van der Waals surface area contributed by atoms with Crippen LogP contribution in [0, 0.1) is 0 Å². The van der Waals surface area contributed by atoms with Gasteiger partial charge >= 0.3 is 0 Å². The smallest absolute Gasteiger partial charge is 0.127 e. The van der Waals surface area contributed by atoms with Crippen molar-refractivity contribution in [1.82, 2.24) is 0 Å². The van der Waals surface area contributed by atoms with E-state index in [2.05, 4.69) is 67.3 Å². The van der Waals surface area contributed by atoms with Crippen molar-refractivity contribution in [2.75, 3.05) is 7.11 Å². The summed E-state index contributed by atoms with van der Waals surface area (Å²) in [6.45, 7) is 12.1. The second kappa shape index (κ2) is 14.0. The molecular weight excluding hydrogens is 471 g/mol. The molecule has 0 spiro atoms. The van der Waals surface area contributed by atoms with E-state index in [1.165, 1.54) is 16.7 Å². The summed E-state index contributed by atoms with van der Waals surface area (Å²) in [5.41, 5.74) is 5.14. The van der Waals surface area contributed by atoms with Crippen LogP contribution in [0.4, 0.5) is 0 Å². The van der Waals surface area contributed by atoms with Gasteiger partial charge in [0.05, 0.1) is 7.11 Å². The van der Waals surface area contributed by atoms with Crippen molar-refractivity contribution in [2.45, 2.75) is 45.0 Å². The van der Waals surface area contributed by atoms with Gasteiger partial charge in [0.1, 0.15) is 17.3 Å². The largest absolute Gasteiger partial charge is 0.497 e. The van der Waals surface area contributed by atoms with E-state index in [1.54, 1.807) is 7.11 Å². The standard InChI is InChI=1S/C15H17IO.C11H16O/c1-4-14(8-5-12(2)3)17-15-9-6-13(11-16)7-10-15;1-4-9-6-7-11(12-3)8-10(9)5-2/h4-10H,2,11H2,1,3H3;6-8H,4-5H2,1-3H3/b8-5-,14-4+;. The maximum Gasteiger partial charge on any atom is 0.127 e. The molecule has 0 N–H and O–H groups in total. The lowest BCUT2D eigenvalue weighted by Gasteiger charge is -2.07. The average molecular weight is 504 g/mol. The fourth-order valence-electron chi connectivity index (χ4n) is 2.60. The van der Waals surface area contributed by atoms with Crippen LogP contribution in [0.15, 0.2) is 78.6 Å². The Labute approximate surface area is 190 Å². The van der Waals surface area contributed by atoms with Crippen LogP contribution in [-0.4, -0.2) is 7.11 Å². The normalized spacial score (nSPS) is 11.0. The second-order valence-electron chi connectivity index (χ2n) is 6.59. The summed E-state index contributed by atoms with van der Waals surface area (Å²) < 4.78 is 11.9. The minimum absolute atomic E-state index is 0.829. The topological polar surface area (TPSA) is 18.5 Å². The second-order valence-corrected chi connectivity index (χ2v) is 7.35. The molecule has 3 heteroatoms. The van der Waals surface area contributed by atoms with E-state index in [0.717, 1.165) is 40.1 Å². The van der Waals surface area contributed by atoms with Gasteiger partial charge in [-0.1, -0.05) is 72.9 Å². The third kappa shape index (κ3) is 9.35. The van der Waals surface area contributed by atoms with Crippen LogP contribution in [-0.2, 0) is 17.3 Å². The van der Waals surface area contributed by atoms with Crippen LogP contribution in [0.2, 0.25) is 0 Å². The van der Waals surface area contributed by atoms with Crippen molar-refractivity contribution >= 4 is 22.6 Å². The lowest BCUT2D eigenvalue weighted by atomic mass is 10.0. The molecule has 2 rings (SSSR count). The van der Waals surface area contributed by atoms with Crippen LogP contribution in [0.5, 0.6) is 11.5 Å². The van der Waals surface area contributed by atoms with Crippen LogP contribution in [0.1, 0.15) is 44.4 Å². The van der Waals surface area contributed by atoms with Crippen LogP contribution >= 0.6 is 22.6 Å². The van der Waals surface area contributed by atoms with Gasteiger partial charge in [0, 0.05) is 4.43 Å². The van der Waals surface area contributed by atoms with Gasteiger partial charge in [-0.05, 0) is 79.8 Å². The fraction of sp³-hybridized carbons (Fsp3) is 0.308. The molecule has 0 saturated carbocycles. The average Bonchev–Trinajstić information content (AvgIpc) is 2.76. The number of allylic oxidation sites excluding steroid dienone is 4. The molecule has 0 aliphatic rings. The quantitative estimate of drug-likeness (QED) is 0.158. The number of benzene rings is 2. The molecule has 2 aromatic carbocycles. The van der Waals surface area contributed by atoms with Gasteiger partial charge in [0.2, 0.25) is 0 Å². The highest BCUT2D eigenvalue weighted by atomic mass is 127. The monoisotopic (exact) mass is 504 g/mol. The Balaban J connectivity index is 0.000000308. The van der Waals surface area contributed by atoms with Crippen molar-refractivity contribution in [3.05, 3.63) is 95.3 Å². The lowest BCUT2D eigenvalue weighted by molar-refractivity contribution is 0.414. The summed E-state index contributed by atoms with van der Waals surface area (Å²) in [4.78, 5) is 0. The number of hydrogen-bond acceptors (Lipinski definition) is 2. The number of rotatable bonds is 8. The van der Waals surface area contributed by atoms with Gasteiger partial charge in [-0.15, -0.1) is 0 Å². The molecule has 0 bridgehead atoms. The number of methoxy groups -OCH3 is 1. The molecule has 29 heavy (non-hydrogen) atoms. The van der Waals surface area contributed by atoms with Gasteiger partial charge in [0.25, 0.3) is 0 Å². The fourth-order valence-corrected chi connectivity index (χ4v) is 3.11. The molecule has 0 heterocycles. The van der Waals surface area contributed by atoms with E-state index in [-0.39, 0.29) is 0 Å². The van der Waals surface area contributed by atoms with Crippen LogP contribution < -0.4 is 9.47 Å². The van der Waals surface area contributed by atoms with E-state index in [9.17, 15) is 0 Å². The van der Waals surface area contributed by atoms with Crippen LogP contribution in [0.25, 0.3) is 0 Å². The zero-order valence-electron chi connectivity index (χ0n) is 18.3. The minimum atomic E-state index is 0.829. The van der Waals surface area contributed by atoms with Crippen molar-refractivity contribution < 1.29 is 9.47 Å². The van der Waals surface area contributed by atoms with E-state index in [4.69, 9.17) is 9.47 Å². The highest BCUT2D eigenvalue weighted by Gasteiger charge is 2.00. The zero-order valence-corrected chi connectivity index (χ0v) is 20.5. The summed E-state index contributed by atoms with van der Waals surface area (Å²) in [6.07, 6.45) is 7.99. The number of ether oxygens (including phenoxy) is 2. The first-order chi connectivity index (χ1) is 14.0. The summed E-state index contributed by atoms with van der Waals surface area (Å²) in [5.74, 6) is 2.65. The van der Waals surface area contributed by atoms with Gasteiger partial charge in [-0.25, -0.2) is 0 Å². The molecule has 0 amide bonds. The SMILES string of the molecule is C=C(C)/C=C\C(=C/C)Oc1ccc(CI)cc1.CCc1ccc(OC)cc1CC. The Bertz CT molecular complexity index is 817. The first-order valence-corrected chi connectivity index (χ1v) is 11.5. The van der Waals surface area contributed by atoms with E-state index >= 15 is 0 Å². The van der Waals surface area contributed by atoms with Gasteiger partial charge in [-0.2, -0.15) is 0 Å². The molecule has 0 fully saturated rings. The summed E-state index contributed by atoms with van der Waals surface area (Å²) in [5, 5.41) is 0. The van der Waals surface area contributed by atoms with Gasteiger partial charge < -0.3 is 9.47 Å². The molecular formula is C26H33IO2. The van der Waals surface area contributed by atoms with Crippen molar-refractivity contribution in [3.8, 4) is 11.5 Å². The first-order valence-electron chi connectivity index (χ1n) is 9.95. The van der Waals surface area contributed by atoms with Crippen molar-refractivity contribution in [1.29, 1.82) is 0 Å². The Morgan fingerprint density at radius 3 is 2.07 bits per heavy atom. The van der Waals surface area contributed by atoms with E-state index in [0.29, 0.717) is 0 Å². The molecule has 0 aromatic heterocycles. The Hall–Kier alpha value is -2.01. The molecule has 0 radical (unpaired) electrons. The number of aryl methyl sites for hydroxylation is 2. The molecule has 0 atom stereocenters. The minimum Gasteiger partial charge on any atom is -0.497 e. The Kier molecular flexibility index (Phi) is 12.1. The van der Waals surface area contributed by atoms with E-state index in [1.807, 2.05) is 50.3 Å². The number of halogens is 1. The Morgan fingerprint density at radius 1 is 0.966 bits per heavy atom. The molecule has 0 aliphatic heterocycles.